The maximum Gasteiger partial charge on any atom is 0.305 e. The van der Waals surface area contributed by atoms with Gasteiger partial charge in [0.05, 0.1) is 25.4 Å². The second-order valence-corrected chi connectivity index (χ2v) is 3.21. The highest BCUT2D eigenvalue weighted by atomic mass is 16.5. The summed E-state index contributed by atoms with van der Waals surface area (Å²) in [6.07, 6.45) is 3.17. The fourth-order valence-electron chi connectivity index (χ4n) is 1.12. The van der Waals surface area contributed by atoms with Crippen molar-refractivity contribution >= 4 is 11.8 Å². The lowest BCUT2D eigenvalue weighted by molar-refractivity contribution is -0.136. The van der Waals surface area contributed by atoms with Crippen molar-refractivity contribution < 1.29 is 14.6 Å². The van der Waals surface area contributed by atoms with Crippen LogP contribution in [0.3, 0.4) is 0 Å². The van der Waals surface area contributed by atoms with Gasteiger partial charge in [-0.2, -0.15) is 4.98 Å². The number of nitrogens with zero attached hydrogens (tertiary/aromatic N) is 3. The first kappa shape index (κ1) is 12.2. The summed E-state index contributed by atoms with van der Waals surface area (Å²) >= 11 is 0. The lowest BCUT2D eigenvalue weighted by atomic mass is 10.4. The highest BCUT2D eigenvalue weighted by Crippen LogP contribution is 2.12. The molecule has 0 aliphatic carbocycles. The Labute approximate surface area is 93.9 Å². The van der Waals surface area contributed by atoms with Gasteiger partial charge in [0.1, 0.15) is 0 Å². The molecule has 0 atom stereocenters. The molecule has 16 heavy (non-hydrogen) atoms. The molecule has 0 radical (unpaired) electrons. The van der Waals surface area contributed by atoms with Crippen LogP contribution < -0.4 is 9.64 Å². The molecule has 0 aliphatic heterocycles. The molecule has 1 heterocycles. The largest absolute Gasteiger partial charge is 0.481 e. The molecular weight excluding hydrogens is 210 g/mol. The SMILES string of the molecule is CCOc1cncc(N(C)CCC(=O)O)n1. The Balaban J connectivity index is 2.63. The third-order valence-corrected chi connectivity index (χ3v) is 1.94. The van der Waals surface area contributed by atoms with Crippen LogP contribution in [-0.2, 0) is 4.79 Å². The Hall–Kier alpha value is -1.85. The highest BCUT2D eigenvalue weighted by molar-refractivity contribution is 5.67. The van der Waals surface area contributed by atoms with E-state index in [0.717, 1.165) is 0 Å². The van der Waals surface area contributed by atoms with Crippen molar-refractivity contribution in [2.24, 2.45) is 0 Å². The van der Waals surface area contributed by atoms with Crippen molar-refractivity contribution in [2.45, 2.75) is 13.3 Å². The summed E-state index contributed by atoms with van der Waals surface area (Å²) in [6.45, 7) is 2.78. The number of aromatic nitrogens is 2. The van der Waals surface area contributed by atoms with Crippen LogP contribution in [0, 0.1) is 0 Å². The minimum Gasteiger partial charge on any atom is -0.481 e. The predicted molar refractivity (Wildman–Crippen MR) is 58.7 cm³/mol. The van der Waals surface area contributed by atoms with E-state index >= 15 is 0 Å². The Bertz CT molecular complexity index is 357. The molecule has 6 nitrogen and oxygen atoms in total. The third kappa shape index (κ3) is 3.72. The average Bonchev–Trinajstić information content (AvgIpc) is 2.26. The van der Waals surface area contributed by atoms with E-state index in [1.165, 1.54) is 6.20 Å². The molecule has 1 aromatic heterocycles. The van der Waals surface area contributed by atoms with Gasteiger partial charge in [-0.25, -0.2) is 0 Å². The van der Waals surface area contributed by atoms with E-state index in [-0.39, 0.29) is 6.42 Å². The van der Waals surface area contributed by atoms with E-state index < -0.39 is 5.97 Å². The molecule has 88 valence electrons. The minimum atomic E-state index is -0.833. The van der Waals surface area contributed by atoms with E-state index in [4.69, 9.17) is 9.84 Å². The Morgan fingerprint density at radius 2 is 2.31 bits per heavy atom. The van der Waals surface area contributed by atoms with Crippen molar-refractivity contribution in [3.05, 3.63) is 12.4 Å². The molecule has 0 aromatic carbocycles. The number of aliphatic carboxylic acids is 1. The zero-order valence-electron chi connectivity index (χ0n) is 9.38. The van der Waals surface area contributed by atoms with Crippen molar-refractivity contribution in [1.29, 1.82) is 0 Å². The normalized spacial score (nSPS) is 9.88. The van der Waals surface area contributed by atoms with E-state index in [1.54, 1.807) is 18.1 Å². The van der Waals surface area contributed by atoms with Crippen LogP contribution in [0.1, 0.15) is 13.3 Å². The van der Waals surface area contributed by atoms with Crippen LogP contribution in [0.15, 0.2) is 12.4 Å². The number of carbonyl (C=O) groups is 1. The van der Waals surface area contributed by atoms with Crippen molar-refractivity contribution in [3.8, 4) is 5.88 Å². The van der Waals surface area contributed by atoms with Gasteiger partial charge in [0, 0.05) is 13.6 Å². The number of carboxylic acid groups (broad SMARTS) is 1. The second kappa shape index (κ2) is 5.89. The molecule has 1 rings (SSSR count). The summed E-state index contributed by atoms with van der Waals surface area (Å²) in [4.78, 5) is 20.3. The Morgan fingerprint density at radius 1 is 1.56 bits per heavy atom. The van der Waals surface area contributed by atoms with Gasteiger partial charge in [0.25, 0.3) is 0 Å². The van der Waals surface area contributed by atoms with E-state index in [9.17, 15) is 4.79 Å². The zero-order valence-corrected chi connectivity index (χ0v) is 9.38. The Morgan fingerprint density at radius 3 is 2.94 bits per heavy atom. The fraction of sp³-hybridized carbons (Fsp3) is 0.500. The minimum absolute atomic E-state index is 0.0665. The summed E-state index contributed by atoms with van der Waals surface area (Å²) in [7, 11) is 1.77. The molecule has 0 saturated heterocycles. The van der Waals surface area contributed by atoms with E-state index in [2.05, 4.69) is 9.97 Å². The predicted octanol–water partition coefficient (Wildman–Crippen LogP) is 0.786. The first-order valence-corrected chi connectivity index (χ1v) is 5.01. The summed E-state index contributed by atoms with van der Waals surface area (Å²) in [5, 5.41) is 8.56. The smallest absolute Gasteiger partial charge is 0.305 e. The maximum atomic E-state index is 10.4. The molecule has 6 heteroatoms. The van der Waals surface area contributed by atoms with Crippen LogP contribution in [0.5, 0.6) is 5.88 Å². The van der Waals surface area contributed by atoms with Crippen LogP contribution in [0.2, 0.25) is 0 Å². The monoisotopic (exact) mass is 225 g/mol. The lowest BCUT2D eigenvalue weighted by Gasteiger charge is -2.16. The number of carboxylic acids is 1. The number of rotatable bonds is 6. The molecule has 0 fully saturated rings. The van der Waals surface area contributed by atoms with Gasteiger partial charge >= 0.3 is 5.97 Å². The molecule has 0 amide bonds. The number of anilines is 1. The summed E-state index contributed by atoms with van der Waals surface area (Å²) < 4.78 is 5.21. The first-order valence-electron chi connectivity index (χ1n) is 5.01. The summed E-state index contributed by atoms with van der Waals surface area (Å²) in [6, 6.07) is 0. The van der Waals surface area contributed by atoms with Crippen molar-refractivity contribution in [1.82, 2.24) is 9.97 Å². The van der Waals surface area contributed by atoms with Gasteiger partial charge in [0.15, 0.2) is 5.82 Å². The fourth-order valence-corrected chi connectivity index (χ4v) is 1.12. The third-order valence-electron chi connectivity index (χ3n) is 1.94. The topological polar surface area (TPSA) is 75.5 Å². The maximum absolute atomic E-state index is 10.4. The standard InChI is InChI=1S/C10H15N3O3/c1-3-16-9-7-11-6-8(12-9)13(2)5-4-10(14)15/h6-7H,3-5H2,1-2H3,(H,14,15). The summed E-state index contributed by atoms with van der Waals surface area (Å²) in [5.74, 6) is 0.218. The van der Waals surface area contributed by atoms with Crippen molar-refractivity contribution in [2.75, 3.05) is 25.1 Å². The second-order valence-electron chi connectivity index (χ2n) is 3.21. The van der Waals surface area contributed by atoms with Gasteiger partial charge in [-0.3, -0.25) is 9.78 Å². The van der Waals surface area contributed by atoms with Crippen LogP contribution in [0.4, 0.5) is 5.82 Å². The Kier molecular flexibility index (Phi) is 4.50. The lowest BCUT2D eigenvalue weighted by Crippen LogP contribution is -2.22. The van der Waals surface area contributed by atoms with Crippen LogP contribution in [-0.4, -0.2) is 41.2 Å². The molecular formula is C10H15N3O3. The first-order chi connectivity index (χ1) is 7.63. The van der Waals surface area contributed by atoms with Gasteiger partial charge in [-0.05, 0) is 6.92 Å². The summed E-state index contributed by atoms with van der Waals surface area (Å²) in [5.41, 5.74) is 0. The molecule has 0 saturated carbocycles. The zero-order chi connectivity index (χ0) is 12.0. The van der Waals surface area contributed by atoms with Gasteiger partial charge in [-0.15, -0.1) is 0 Å². The van der Waals surface area contributed by atoms with E-state index in [0.29, 0.717) is 24.8 Å². The molecule has 0 spiro atoms. The average molecular weight is 225 g/mol. The number of hydrogen-bond donors (Lipinski definition) is 1. The molecule has 0 aliphatic rings. The van der Waals surface area contributed by atoms with Gasteiger partial charge in [-0.1, -0.05) is 0 Å². The molecule has 1 aromatic rings. The quantitative estimate of drug-likeness (QED) is 0.771. The number of hydrogen-bond acceptors (Lipinski definition) is 5. The highest BCUT2D eigenvalue weighted by Gasteiger charge is 2.06. The van der Waals surface area contributed by atoms with Gasteiger partial charge < -0.3 is 14.7 Å². The van der Waals surface area contributed by atoms with Gasteiger partial charge in [0.2, 0.25) is 5.88 Å². The molecule has 0 bridgehead atoms. The van der Waals surface area contributed by atoms with Crippen LogP contribution >= 0.6 is 0 Å². The molecule has 1 N–H and O–H groups in total. The van der Waals surface area contributed by atoms with Crippen LogP contribution in [0.25, 0.3) is 0 Å². The van der Waals surface area contributed by atoms with Crippen molar-refractivity contribution in [3.63, 3.8) is 0 Å². The molecule has 0 unspecified atom stereocenters. The number of ether oxygens (including phenoxy) is 1. The van der Waals surface area contributed by atoms with E-state index in [1.807, 2.05) is 6.92 Å².